The second-order valence-corrected chi connectivity index (χ2v) is 9.65. The zero-order chi connectivity index (χ0) is 24.6. The molecule has 0 saturated heterocycles. The van der Waals surface area contributed by atoms with E-state index in [-0.39, 0.29) is 0 Å². The number of anilines is 1. The number of hydrogen-bond donors (Lipinski definition) is 1. The molecule has 6 rings (SSSR count). The van der Waals surface area contributed by atoms with E-state index in [0.717, 1.165) is 64.0 Å². The van der Waals surface area contributed by atoms with Crippen molar-refractivity contribution in [3.05, 3.63) is 81.6 Å². The fraction of sp³-hybridized carbons (Fsp3) is 0.214. The van der Waals surface area contributed by atoms with Gasteiger partial charge >= 0.3 is 0 Å². The van der Waals surface area contributed by atoms with E-state index in [9.17, 15) is 0 Å². The number of pyridine rings is 1. The Balaban J connectivity index is 1.37. The summed E-state index contributed by atoms with van der Waals surface area (Å²) in [5.74, 6) is 1.36. The lowest BCUT2D eigenvalue weighted by Gasteiger charge is -2.30. The molecule has 1 aliphatic heterocycles. The van der Waals surface area contributed by atoms with Gasteiger partial charge in [0.25, 0.3) is 0 Å². The summed E-state index contributed by atoms with van der Waals surface area (Å²) in [5, 5.41) is 15.4. The fourth-order valence-electron chi connectivity index (χ4n) is 4.86. The minimum Gasteiger partial charge on any atom is -0.455 e. The molecule has 8 heteroatoms. The third-order valence-corrected chi connectivity index (χ3v) is 7.44. The van der Waals surface area contributed by atoms with Crippen LogP contribution in [-0.2, 0) is 19.4 Å². The van der Waals surface area contributed by atoms with Crippen molar-refractivity contribution in [3.63, 3.8) is 0 Å². The van der Waals surface area contributed by atoms with Crippen LogP contribution in [0.15, 0.2) is 63.5 Å². The Hall–Kier alpha value is -3.78. The van der Waals surface area contributed by atoms with Gasteiger partial charge in [-0.25, -0.2) is 5.10 Å². The first-order valence-corrected chi connectivity index (χ1v) is 12.9. The van der Waals surface area contributed by atoms with Crippen molar-refractivity contribution in [2.45, 2.75) is 33.2 Å². The Kier molecular flexibility index (Phi) is 5.89. The highest BCUT2D eigenvalue weighted by molar-refractivity contribution is 9.10. The molecule has 0 unspecified atom stereocenters. The summed E-state index contributed by atoms with van der Waals surface area (Å²) >= 11 is 3.82. The first-order chi connectivity index (χ1) is 17.7. The topological polar surface area (TPSA) is 83.7 Å². The number of tetrazole rings is 1. The molecule has 1 aliphatic rings. The van der Waals surface area contributed by atoms with Crippen molar-refractivity contribution in [2.75, 3.05) is 11.4 Å². The number of fused-ring (bicyclic) bond motifs is 2. The number of nitrogens with zero attached hydrogens (tertiary/aromatic N) is 5. The van der Waals surface area contributed by atoms with Gasteiger partial charge in [-0.05, 0) is 63.0 Å². The van der Waals surface area contributed by atoms with Crippen LogP contribution in [0, 0.1) is 0 Å². The predicted molar refractivity (Wildman–Crippen MR) is 146 cm³/mol. The number of halogens is 1. The van der Waals surface area contributed by atoms with Crippen LogP contribution in [0.4, 0.5) is 5.69 Å². The van der Waals surface area contributed by atoms with Crippen LogP contribution in [0.1, 0.15) is 36.4 Å². The number of aryl methyl sites for hydroxylation is 2. The molecule has 2 aromatic carbocycles. The summed E-state index contributed by atoms with van der Waals surface area (Å²) in [6.07, 6.45) is 6.31. The van der Waals surface area contributed by atoms with Gasteiger partial charge in [0.05, 0.1) is 4.47 Å². The van der Waals surface area contributed by atoms with Crippen molar-refractivity contribution in [1.82, 2.24) is 25.6 Å². The maximum atomic E-state index is 6.32. The highest BCUT2D eigenvalue weighted by atomic mass is 79.9. The number of H-pyrrole nitrogens is 1. The molecule has 0 radical (unpaired) electrons. The molecule has 7 nitrogen and oxygen atoms in total. The maximum absolute atomic E-state index is 6.32. The molecule has 5 aromatic rings. The van der Waals surface area contributed by atoms with Crippen LogP contribution in [0.5, 0.6) is 0 Å². The predicted octanol–water partition coefficient (Wildman–Crippen LogP) is 6.60. The van der Waals surface area contributed by atoms with Crippen LogP contribution >= 0.6 is 15.9 Å². The molecule has 0 saturated carbocycles. The Morgan fingerprint density at radius 3 is 2.69 bits per heavy atom. The zero-order valence-corrected chi connectivity index (χ0v) is 21.7. The van der Waals surface area contributed by atoms with E-state index in [0.29, 0.717) is 5.82 Å². The average Bonchev–Trinajstić information content (AvgIpc) is 3.57. The molecule has 4 heterocycles. The molecule has 0 fully saturated rings. The fourth-order valence-corrected chi connectivity index (χ4v) is 5.46. The zero-order valence-electron chi connectivity index (χ0n) is 20.1. The number of benzene rings is 2. The summed E-state index contributed by atoms with van der Waals surface area (Å²) in [4.78, 5) is 7.29. The van der Waals surface area contributed by atoms with Gasteiger partial charge in [0.15, 0.2) is 5.82 Å². The first kappa shape index (κ1) is 22.7. The van der Waals surface area contributed by atoms with Crippen molar-refractivity contribution >= 4 is 38.7 Å². The molecule has 0 amide bonds. The third kappa shape index (κ3) is 3.91. The molecular formula is C28H25BrN6O. The standard InChI is InChI=1S/C28H25BrN6O/c1-3-18-15-24-21(23(4-2)30-18)10-7-13-35(24)16-17-11-12-25-22(14-17)26(29)27(36-25)19-8-5-6-9-20(19)28-31-33-34-32-28/h5-12,14-15H,3-4,13,16H2,1-2H3,(H,31,32,33,34). The minimum atomic E-state index is 0.600. The van der Waals surface area contributed by atoms with Crippen molar-refractivity contribution < 1.29 is 4.42 Å². The number of aromatic amines is 1. The van der Waals surface area contributed by atoms with Gasteiger partial charge in [-0.3, -0.25) is 4.98 Å². The molecule has 0 spiro atoms. The molecule has 180 valence electrons. The number of aromatic nitrogens is 5. The lowest BCUT2D eigenvalue weighted by molar-refractivity contribution is 0.630. The molecule has 36 heavy (non-hydrogen) atoms. The Morgan fingerprint density at radius 1 is 1.06 bits per heavy atom. The average molecular weight is 541 g/mol. The highest BCUT2D eigenvalue weighted by Crippen LogP contribution is 2.41. The summed E-state index contributed by atoms with van der Waals surface area (Å²) in [6.45, 7) is 6.01. The third-order valence-electron chi connectivity index (χ3n) is 6.65. The van der Waals surface area contributed by atoms with Crippen molar-refractivity contribution in [3.8, 4) is 22.7 Å². The lowest BCUT2D eigenvalue weighted by Crippen LogP contribution is -2.26. The maximum Gasteiger partial charge on any atom is 0.180 e. The van der Waals surface area contributed by atoms with Gasteiger partial charge in [-0.15, -0.1) is 5.10 Å². The van der Waals surface area contributed by atoms with Gasteiger partial charge in [0, 0.05) is 52.2 Å². The SMILES string of the molecule is CCc1cc2c(c(CC)n1)C=CCN2Cc1ccc2oc(-c3ccccc3-c3nnn[nH]3)c(Br)c2c1. The quantitative estimate of drug-likeness (QED) is 0.261. The smallest absolute Gasteiger partial charge is 0.180 e. The van der Waals surface area contributed by atoms with Gasteiger partial charge in [-0.2, -0.15) is 0 Å². The van der Waals surface area contributed by atoms with Gasteiger partial charge < -0.3 is 9.32 Å². The van der Waals surface area contributed by atoms with Crippen LogP contribution in [0.3, 0.4) is 0 Å². The van der Waals surface area contributed by atoms with E-state index in [4.69, 9.17) is 9.40 Å². The molecule has 0 aliphatic carbocycles. The van der Waals surface area contributed by atoms with E-state index in [2.05, 4.69) is 91.7 Å². The van der Waals surface area contributed by atoms with Crippen LogP contribution in [0.25, 0.3) is 39.8 Å². The number of hydrogen-bond acceptors (Lipinski definition) is 6. The lowest BCUT2D eigenvalue weighted by atomic mass is 10.0. The molecule has 0 atom stereocenters. The Bertz CT molecular complexity index is 1590. The minimum absolute atomic E-state index is 0.600. The van der Waals surface area contributed by atoms with E-state index < -0.39 is 0 Å². The number of rotatable bonds is 6. The van der Waals surface area contributed by atoms with Crippen molar-refractivity contribution in [2.24, 2.45) is 0 Å². The molecular weight excluding hydrogens is 516 g/mol. The van der Waals surface area contributed by atoms with E-state index >= 15 is 0 Å². The molecule has 3 aromatic heterocycles. The van der Waals surface area contributed by atoms with E-state index in [1.807, 2.05) is 24.3 Å². The number of furan rings is 1. The van der Waals surface area contributed by atoms with Gasteiger partial charge in [0.2, 0.25) is 0 Å². The number of nitrogens with one attached hydrogen (secondary N) is 1. The first-order valence-electron chi connectivity index (χ1n) is 12.1. The second-order valence-electron chi connectivity index (χ2n) is 8.85. The molecule has 0 bridgehead atoms. The summed E-state index contributed by atoms with van der Waals surface area (Å²) in [5.41, 5.74) is 8.67. The summed E-state index contributed by atoms with van der Waals surface area (Å²) in [6, 6.07) is 16.6. The van der Waals surface area contributed by atoms with Crippen LogP contribution in [0.2, 0.25) is 0 Å². The second kappa shape index (κ2) is 9.35. The summed E-state index contributed by atoms with van der Waals surface area (Å²) in [7, 11) is 0. The van der Waals surface area contributed by atoms with Crippen molar-refractivity contribution in [1.29, 1.82) is 0 Å². The monoisotopic (exact) mass is 540 g/mol. The van der Waals surface area contributed by atoms with Gasteiger partial charge in [-0.1, -0.05) is 56.3 Å². The van der Waals surface area contributed by atoms with E-state index in [1.165, 1.54) is 22.5 Å². The van der Waals surface area contributed by atoms with Crippen LogP contribution < -0.4 is 4.90 Å². The normalized spacial score (nSPS) is 12.9. The van der Waals surface area contributed by atoms with E-state index in [1.54, 1.807) is 0 Å². The Labute approximate surface area is 217 Å². The van der Waals surface area contributed by atoms with Gasteiger partial charge in [0.1, 0.15) is 11.3 Å². The highest BCUT2D eigenvalue weighted by Gasteiger charge is 2.21. The molecule has 1 N–H and O–H groups in total. The largest absolute Gasteiger partial charge is 0.455 e. The Morgan fingerprint density at radius 2 is 1.92 bits per heavy atom. The summed E-state index contributed by atoms with van der Waals surface area (Å²) < 4.78 is 7.24. The van der Waals surface area contributed by atoms with Crippen LogP contribution in [-0.4, -0.2) is 32.2 Å².